The average molecular weight is 351 g/mol. The number of carbonyl (C=O) groups excluding carboxylic acids is 1. The molecule has 4 saturated carbocycles. The first-order chi connectivity index (χ1) is 11.0. The molecule has 3 nitrogen and oxygen atoms in total. The van der Waals surface area contributed by atoms with E-state index in [1.54, 1.807) is 18.3 Å². The lowest BCUT2D eigenvalue weighted by Crippen LogP contribution is -2.49. The third-order valence-corrected chi connectivity index (χ3v) is 7.66. The van der Waals surface area contributed by atoms with E-state index < -0.39 is 0 Å². The van der Waals surface area contributed by atoms with E-state index in [9.17, 15) is 4.79 Å². The third kappa shape index (κ3) is 3.12. The second-order valence-corrected chi connectivity index (χ2v) is 9.86. The highest BCUT2D eigenvalue weighted by Gasteiger charge is 2.52. The van der Waals surface area contributed by atoms with Gasteiger partial charge in [0, 0.05) is 10.9 Å². The van der Waals surface area contributed by atoms with Crippen LogP contribution in [0.15, 0.2) is 18.3 Å². The molecule has 1 aromatic heterocycles. The van der Waals surface area contributed by atoms with Gasteiger partial charge in [0.05, 0.1) is 10.9 Å². The molecule has 1 heterocycles. The van der Waals surface area contributed by atoms with Crippen molar-refractivity contribution < 1.29 is 4.79 Å². The van der Waals surface area contributed by atoms with Crippen molar-refractivity contribution >= 4 is 35.0 Å². The SMILES string of the molecule is C[C@H](SC12CC3CC(CC(C3)C1)C2)C(=O)Nc1cccnc1Cl. The first kappa shape index (κ1) is 15.8. The fourth-order valence-electron chi connectivity index (χ4n) is 5.32. The van der Waals surface area contributed by atoms with Crippen molar-refractivity contribution in [1.82, 2.24) is 4.98 Å². The summed E-state index contributed by atoms with van der Waals surface area (Å²) in [7, 11) is 0. The summed E-state index contributed by atoms with van der Waals surface area (Å²) in [6.45, 7) is 2.03. The molecule has 4 fully saturated rings. The molecule has 0 radical (unpaired) electrons. The van der Waals surface area contributed by atoms with Crippen LogP contribution in [0.3, 0.4) is 0 Å². The molecule has 0 aliphatic heterocycles. The monoisotopic (exact) mass is 350 g/mol. The van der Waals surface area contributed by atoms with Crippen LogP contribution in [-0.4, -0.2) is 20.9 Å². The van der Waals surface area contributed by atoms with E-state index in [1.807, 2.05) is 18.7 Å². The van der Waals surface area contributed by atoms with Gasteiger partial charge in [0.25, 0.3) is 0 Å². The number of nitrogens with zero attached hydrogens (tertiary/aromatic N) is 1. The molecule has 5 heteroatoms. The fraction of sp³-hybridized carbons (Fsp3) is 0.667. The number of aromatic nitrogens is 1. The molecular weight excluding hydrogens is 328 g/mol. The van der Waals surface area contributed by atoms with Crippen LogP contribution in [0, 0.1) is 17.8 Å². The Morgan fingerprint density at radius 3 is 2.48 bits per heavy atom. The molecule has 1 atom stereocenters. The van der Waals surface area contributed by atoms with Gasteiger partial charge in [-0.3, -0.25) is 4.79 Å². The molecule has 0 spiro atoms. The van der Waals surface area contributed by atoms with Crippen molar-refractivity contribution in [2.24, 2.45) is 17.8 Å². The maximum Gasteiger partial charge on any atom is 0.237 e. The highest BCUT2D eigenvalue weighted by Crippen LogP contribution is 2.61. The molecule has 124 valence electrons. The Labute approximate surface area is 147 Å². The smallest absolute Gasteiger partial charge is 0.237 e. The summed E-state index contributed by atoms with van der Waals surface area (Å²) in [5, 5.41) is 3.24. The van der Waals surface area contributed by atoms with Crippen LogP contribution in [0.1, 0.15) is 45.4 Å². The van der Waals surface area contributed by atoms with Crippen molar-refractivity contribution in [3.63, 3.8) is 0 Å². The number of hydrogen-bond donors (Lipinski definition) is 1. The molecule has 0 saturated heterocycles. The van der Waals surface area contributed by atoms with Crippen molar-refractivity contribution in [1.29, 1.82) is 0 Å². The lowest BCUT2D eigenvalue weighted by Gasteiger charge is -2.57. The van der Waals surface area contributed by atoms with Crippen molar-refractivity contribution in [3.05, 3.63) is 23.5 Å². The second-order valence-electron chi connectivity index (χ2n) is 7.69. The molecule has 4 aliphatic carbocycles. The Morgan fingerprint density at radius 1 is 1.30 bits per heavy atom. The van der Waals surface area contributed by atoms with Gasteiger partial charge in [-0.25, -0.2) is 4.98 Å². The van der Waals surface area contributed by atoms with E-state index in [1.165, 1.54) is 38.5 Å². The Kier molecular flexibility index (Phi) is 4.09. The van der Waals surface area contributed by atoms with E-state index in [0.717, 1.165) is 17.8 Å². The molecule has 1 N–H and O–H groups in total. The zero-order valence-electron chi connectivity index (χ0n) is 13.4. The highest BCUT2D eigenvalue weighted by atomic mass is 35.5. The van der Waals surface area contributed by atoms with Gasteiger partial charge < -0.3 is 5.32 Å². The molecule has 0 unspecified atom stereocenters. The van der Waals surface area contributed by atoms with Crippen LogP contribution in [0.4, 0.5) is 5.69 Å². The van der Waals surface area contributed by atoms with E-state index in [4.69, 9.17) is 11.6 Å². The number of anilines is 1. The molecular formula is C18H23ClN2OS. The Hall–Kier alpha value is -0.740. The number of amides is 1. The summed E-state index contributed by atoms with van der Waals surface area (Å²) in [6, 6.07) is 3.59. The first-order valence-electron chi connectivity index (χ1n) is 8.62. The summed E-state index contributed by atoms with van der Waals surface area (Å²) in [6.07, 6.45) is 9.88. The minimum absolute atomic E-state index is 0.0423. The quantitative estimate of drug-likeness (QED) is 0.796. The van der Waals surface area contributed by atoms with Gasteiger partial charge >= 0.3 is 0 Å². The third-order valence-electron chi connectivity index (χ3n) is 5.80. The number of carbonyl (C=O) groups is 1. The predicted molar refractivity (Wildman–Crippen MR) is 95.8 cm³/mol. The van der Waals surface area contributed by atoms with Gasteiger partial charge in [-0.05, 0) is 75.3 Å². The van der Waals surface area contributed by atoms with Crippen molar-refractivity contribution in [2.75, 3.05) is 5.32 Å². The predicted octanol–water partition coefficient (Wildman–Crippen LogP) is 4.76. The van der Waals surface area contributed by atoms with Gasteiger partial charge in [0.15, 0.2) is 5.15 Å². The van der Waals surface area contributed by atoms with E-state index in [-0.39, 0.29) is 11.2 Å². The van der Waals surface area contributed by atoms with Crippen LogP contribution in [-0.2, 0) is 4.79 Å². The topological polar surface area (TPSA) is 42.0 Å². The van der Waals surface area contributed by atoms with Gasteiger partial charge in [-0.2, -0.15) is 0 Å². The molecule has 4 aliphatic rings. The standard InChI is InChI=1S/C18H23ClN2OS/c1-11(17(22)21-15-3-2-4-20-16(15)19)23-18-8-12-5-13(9-18)7-14(6-12)10-18/h2-4,11-14H,5-10H2,1H3,(H,21,22)/t11-,12?,13?,14?,18?/m0/s1. The maximum atomic E-state index is 12.6. The molecule has 1 amide bonds. The number of rotatable bonds is 4. The summed E-state index contributed by atoms with van der Waals surface area (Å²) >= 11 is 7.95. The second kappa shape index (κ2) is 5.96. The average Bonchev–Trinajstić information content (AvgIpc) is 2.47. The first-order valence-corrected chi connectivity index (χ1v) is 9.88. The zero-order chi connectivity index (χ0) is 16.0. The lowest BCUT2D eigenvalue weighted by atomic mass is 9.56. The number of halogens is 1. The molecule has 1 aromatic rings. The molecule has 0 aromatic carbocycles. The molecule has 4 bridgehead atoms. The number of hydrogen-bond acceptors (Lipinski definition) is 3. The van der Waals surface area contributed by atoms with Crippen molar-refractivity contribution in [2.45, 2.75) is 55.4 Å². The molecule has 5 rings (SSSR count). The van der Waals surface area contributed by atoms with E-state index in [2.05, 4.69) is 10.3 Å². The zero-order valence-corrected chi connectivity index (χ0v) is 15.0. The van der Waals surface area contributed by atoms with Crippen LogP contribution in [0.2, 0.25) is 5.15 Å². The van der Waals surface area contributed by atoms with E-state index in [0.29, 0.717) is 15.6 Å². The highest BCUT2D eigenvalue weighted by molar-refractivity contribution is 8.01. The maximum absolute atomic E-state index is 12.6. The normalized spacial score (nSPS) is 36.0. The Morgan fingerprint density at radius 2 is 1.91 bits per heavy atom. The number of pyridine rings is 1. The molecule has 23 heavy (non-hydrogen) atoms. The number of nitrogens with one attached hydrogen (secondary N) is 1. The largest absolute Gasteiger partial charge is 0.323 e. The van der Waals surface area contributed by atoms with Crippen LogP contribution in [0.5, 0.6) is 0 Å². The van der Waals surface area contributed by atoms with Crippen LogP contribution in [0.25, 0.3) is 0 Å². The summed E-state index contributed by atoms with van der Waals surface area (Å²) in [5.41, 5.74) is 0.608. The van der Waals surface area contributed by atoms with E-state index >= 15 is 0 Å². The van der Waals surface area contributed by atoms with Crippen molar-refractivity contribution in [3.8, 4) is 0 Å². The lowest BCUT2D eigenvalue weighted by molar-refractivity contribution is -0.115. The summed E-state index contributed by atoms with van der Waals surface area (Å²) in [5.74, 6) is 2.78. The minimum atomic E-state index is -0.0532. The summed E-state index contributed by atoms with van der Waals surface area (Å²) < 4.78 is 0.351. The fourth-order valence-corrected chi connectivity index (χ4v) is 7.40. The van der Waals surface area contributed by atoms with Crippen LogP contribution >= 0.6 is 23.4 Å². The minimum Gasteiger partial charge on any atom is -0.323 e. The Balaban J connectivity index is 1.42. The van der Waals surface area contributed by atoms with Gasteiger partial charge in [0.2, 0.25) is 5.91 Å². The van der Waals surface area contributed by atoms with Gasteiger partial charge in [0.1, 0.15) is 0 Å². The van der Waals surface area contributed by atoms with Gasteiger partial charge in [-0.1, -0.05) is 11.6 Å². The van der Waals surface area contributed by atoms with Crippen LogP contribution < -0.4 is 5.32 Å². The Bertz CT molecular complexity index is 586. The van der Waals surface area contributed by atoms with Gasteiger partial charge in [-0.15, -0.1) is 11.8 Å². The number of thioether (sulfide) groups is 1. The summed E-state index contributed by atoms with van der Waals surface area (Å²) in [4.78, 5) is 16.6.